The molecule has 12 nitrogen and oxygen atoms in total. The van der Waals surface area contributed by atoms with Crippen LogP contribution in [0.5, 0.6) is 11.5 Å². The molecule has 49 heavy (non-hydrogen) atoms. The van der Waals surface area contributed by atoms with Crippen molar-refractivity contribution in [3.8, 4) is 11.5 Å². The largest absolute Gasteiger partial charge is 0.481 e. The zero-order valence-electron chi connectivity index (χ0n) is 27.7. The summed E-state index contributed by atoms with van der Waals surface area (Å²) in [5.41, 5.74) is 0.0604. The number of halogens is 3. The molecule has 0 radical (unpaired) electrons. The van der Waals surface area contributed by atoms with E-state index in [1.54, 1.807) is 59.7 Å². The maximum Gasteiger partial charge on any atom is 0.430 e. The SMILES string of the molecule is CC(C)(C)OC(=O)[C@@H](CCNCCCc1cc(Cl)ccc1Oc1cc(F)c(S(=O)(=O)N(C(=O)OC(C)(C)C)c2cscn2)cc1Cl)C(=O)O. The Morgan fingerprint density at radius 3 is 2.29 bits per heavy atom. The van der Waals surface area contributed by atoms with Crippen LogP contribution in [0.2, 0.25) is 10.0 Å². The molecule has 0 saturated heterocycles. The Bertz CT molecular complexity index is 1760. The molecule has 268 valence electrons. The number of amides is 1. The van der Waals surface area contributed by atoms with Crippen LogP contribution >= 0.6 is 34.5 Å². The van der Waals surface area contributed by atoms with Gasteiger partial charge in [-0.15, -0.1) is 15.6 Å². The number of aromatic nitrogens is 1. The van der Waals surface area contributed by atoms with Crippen LogP contribution in [0.25, 0.3) is 0 Å². The lowest BCUT2D eigenvalue weighted by Crippen LogP contribution is -2.41. The summed E-state index contributed by atoms with van der Waals surface area (Å²) in [4.78, 5) is 39.8. The fraction of sp³-hybridized carbons (Fsp3) is 0.438. The fourth-order valence-corrected chi connectivity index (χ4v) is 6.66. The molecule has 0 aliphatic rings. The molecule has 1 atom stereocenters. The number of hydrogen-bond donors (Lipinski definition) is 2. The van der Waals surface area contributed by atoms with Crippen molar-refractivity contribution in [2.75, 3.05) is 17.4 Å². The first-order chi connectivity index (χ1) is 22.7. The first-order valence-corrected chi connectivity index (χ1v) is 18.1. The summed E-state index contributed by atoms with van der Waals surface area (Å²) in [5, 5.41) is 14.0. The third-order valence-electron chi connectivity index (χ3n) is 6.33. The summed E-state index contributed by atoms with van der Waals surface area (Å²) in [5.74, 6) is -4.82. The molecule has 0 spiro atoms. The van der Waals surface area contributed by atoms with Gasteiger partial charge in [-0.05, 0) is 104 Å². The highest BCUT2D eigenvalue weighted by molar-refractivity contribution is 7.93. The molecule has 1 aromatic heterocycles. The van der Waals surface area contributed by atoms with Crippen LogP contribution < -0.4 is 14.4 Å². The van der Waals surface area contributed by atoms with Gasteiger partial charge in [0, 0.05) is 16.5 Å². The van der Waals surface area contributed by atoms with Gasteiger partial charge >= 0.3 is 18.0 Å². The number of anilines is 1. The van der Waals surface area contributed by atoms with Crippen molar-refractivity contribution in [1.29, 1.82) is 0 Å². The number of carbonyl (C=O) groups is 3. The summed E-state index contributed by atoms with van der Waals surface area (Å²) in [6.07, 6.45) is -0.288. The number of carboxylic acids is 1. The first-order valence-electron chi connectivity index (χ1n) is 15.0. The molecule has 3 rings (SSSR count). The van der Waals surface area contributed by atoms with Gasteiger partial charge in [0.15, 0.2) is 11.7 Å². The van der Waals surface area contributed by atoms with Crippen molar-refractivity contribution in [3.05, 3.63) is 62.6 Å². The molecule has 17 heteroatoms. The number of aliphatic carboxylic acids is 1. The standard InChI is InChI=1S/C32H38Cl2FN3O9S2/c1-31(2,3)46-29(41)21(28(39)40)11-13-36-12-7-8-19-14-20(33)9-10-24(19)45-25-16-23(35)26(15-22(25)34)49(43,44)38(27-17-48-18-37-27)30(42)47-32(4,5)6/h9-10,14-18,21,36H,7-8,11-13H2,1-6H3,(H,39,40)/t21-/m0/s1. The number of carboxylic acid groups (broad SMARTS) is 1. The van der Waals surface area contributed by atoms with Crippen LogP contribution in [0.3, 0.4) is 0 Å². The van der Waals surface area contributed by atoms with Gasteiger partial charge in [-0.25, -0.2) is 22.6 Å². The van der Waals surface area contributed by atoms with Crippen molar-refractivity contribution >= 4 is 68.4 Å². The van der Waals surface area contributed by atoms with Crippen molar-refractivity contribution in [1.82, 2.24) is 10.3 Å². The smallest absolute Gasteiger partial charge is 0.430 e. The zero-order chi connectivity index (χ0) is 36.7. The highest BCUT2D eigenvalue weighted by atomic mass is 35.5. The van der Waals surface area contributed by atoms with Gasteiger partial charge in [-0.3, -0.25) is 9.59 Å². The minimum Gasteiger partial charge on any atom is -0.481 e. The molecule has 0 fully saturated rings. The number of sulfonamides is 1. The van der Waals surface area contributed by atoms with Crippen LogP contribution in [0, 0.1) is 11.7 Å². The average molecular weight is 763 g/mol. The summed E-state index contributed by atoms with van der Waals surface area (Å²) in [6, 6.07) is 6.39. The molecule has 0 aliphatic carbocycles. The second-order valence-electron chi connectivity index (χ2n) is 12.7. The second-order valence-corrected chi connectivity index (χ2v) is 16.0. The molecule has 0 saturated carbocycles. The Balaban J connectivity index is 1.73. The van der Waals surface area contributed by atoms with Gasteiger partial charge in [-0.2, -0.15) is 0 Å². The number of nitrogens with zero attached hydrogens (tertiary/aromatic N) is 2. The van der Waals surface area contributed by atoms with E-state index in [-0.39, 0.29) is 39.6 Å². The van der Waals surface area contributed by atoms with E-state index >= 15 is 4.39 Å². The Morgan fingerprint density at radius 1 is 1.02 bits per heavy atom. The van der Waals surface area contributed by atoms with Crippen LogP contribution in [-0.4, -0.2) is 60.8 Å². The van der Waals surface area contributed by atoms with E-state index in [1.807, 2.05) is 0 Å². The predicted molar refractivity (Wildman–Crippen MR) is 184 cm³/mol. The molecular formula is C32H38Cl2FN3O9S2. The molecule has 1 amide bonds. The molecule has 0 unspecified atom stereocenters. The van der Waals surface area contributed by atoms with Gasteiger partial charge in [0.2, 0.25) is 0 Å². The maximum atomic E-state index is 15.5. The average Bonchev–Trinajstić information content (AvgIpc) is 3.47. The van der Waals surface area contributed by atoms with Crippen molar-refractivity contribution in [3.63, 3.8) is 0 Å². The van der Waals surface area contributed by atoms with E-state index in [9.17, 15) is 27.9 Å². The Labute approximate surface area is 298 Å². The Morgan fingerprint density at radius 2 is 1.69 bits per heavy atom. The zero-order valence-corrected chi connectivity index (χ0v) is 30.9. The van der Waals surface area contributed by atoms with Gasteiger partial charge in [0.25, 0.3) is 10.0 Å². The number of rotatable bonds is 14. The number of benzene rings is 2. The molecule has 0 aliphatic heterocycles. The van der Waals surface area contributed by atoms with E-state index in [4.69, 9.17) is 37.4 Å². The number of aryl methyl sites for hydroxylation is 1. The highest BCUT2D eigenvalue weighted by Gasteiger charge is 2.38. The number of ether oxygens (including phenoxy) is 3. The lowest BCUT2D eigenvalue weighted by molar-refractivity contribution is -0.167. The van der Waals surface area contributed by atoms with E-state index in [0.29, 0.717) is 30.0 Å². The normalized spacial score (nSPS) is 12.7. The van der Waals surface area contributed by atoms with Gasteiger partial charge in [0.05, 0.1) is 10.5 Å². The second kappa shape index (κ2) is 16.5. The minimum absolute atomic E-state index is 0.0326. The monoisotopic (exact) mass is 761 g/mol. The fourth-order valence-electron chi connectivity index (χ4n) is 4.26. The molecule has 3 aromatic rings. The predicted octanol–water partition coefficient (Wildman–Crippen LogP) is 7.47. The number of thiazole rings is 1. The molecule has 1 heterocycles. The Kier molecular flexibility index (Phi) is 13.4. The van der Waals surface area contributed by atoms with Crippen LogP contribution in [0.15, 0.2) is 46.1 Å². The van der Waals surface area contributed by atoms with Crippen molar-refractivity contribution < 1.29 is 46.5 Å². The van der Waals surface area contributed by atoms with Gasteiger partial charge in [-0.1, -0.05) is 23.2 Å². The van der Waals surface area contributed by atoms with Crippen LogP contribution in [0.1, 0.15) is 59.9 Å². The maximum absolute atomic E-state index is 15.5. The summed E-state index contributed by atoms with van der Waals surface area (Å²) < 4.78 is 59.4. The van der Waals surface area contributed by atoms with Crippen molar-refractivity contribution in [2.45, 2.75) is 76.9 Å². The lowest BCUT2D eigenvalue weighted by Gasteiger charge is -2.26. The first kappa shape index (κ1) is 39.9. The number of hydrogen-bond acceptors (Lipinski definition) is 11. The number of nitrogens with one attached hydrogen (secondary N) is 1. The summed E-state index contributed by atoms with van der Waals surface area (Å²) in [6.45, 7) is 10.3. The van der Waals surface area contributed by atoms with Crippen molar-refractivity contribution in [2.24, 2.45) is 5.92 Å². The number of esters is 1. The van der Waals surface area contributed by atoms with Crippen LogP contribution in [-0.2, 0) is 35.5 Å². The highest BCUT2D eigenvalue weighted by Crippen LogP contribution is 2.37. The minimum atomic E-state index is -4.89. The van der Waals surface area contributed by atoms with E-state index < -0.39 is 55.9 Å². The third-order valence-corrected chi connectivity index (χ3v) is 9.12. The number of carbonyl (C=O) groups excluding carboxylic acids is 2. The lowest BCUT2D eigenvalue weighted by atomic mass is 10.1. The molecular weight excluding hydrogens is 724 g/mol. The van der Waals surface area contributed by atoms with E-state index in [1.165, 1.54) is 10.9 Å². The molecule has 2 aromatic carbocycles. The van der Waals surface area contributed by atoms with E-state index in [2.05, 4.69) is 10.3 Å². The quantitative estimate of drug-likeness (QED) is 0.0953. The van der Waals surface area contributed by atoms with Gasteiger partial charge in [0.1, 0.15) is 33.4 Å². The van der Waals surface area contributed by atoms with Gasteiger partial charge < -0.3 is 24.6 Å². The summed E-state index contributed by atoms with van der Waals surface area (Å²) >= 11 is 13.7. The topological polar surface area (TPSA) is 161 Å². The van der Waals surface area contributed by atoms with E-state index in [0.717, 1.165) is 23.5 Å². The third kappa shape index (κ3) is 11.5. The molecule has 2 N–H and O–H groups in total. The van der Waals surface area contributed by atoms with Crippen LogP contribution in [0.4, 0.5) is 15.0 Å². The molecule has 0 bridgehead atoms. The summed E-state index contributed by atoms with van der Waals surface area (Å²) in [7, 11) is -4.89. The Hall–Kier alpha value is -3.50.